The van der Waals surface area contributed by atoms with Crippen molar-refractivity contribution in [3.63, 3.8) is 0 Å². The van der Waals surface area contributed by atoms with E-state index in [2.05, 4.69) is 15.9 Å². The van der Waals surface area contributed by atoms with Crippen molar-refractivity contribution in [2.75, 3.05) is 10.6 Å². The number of sulfonamides is 1. The number of nitrogens with zero attached hydrogens (tertiary/aromatic N) is 1. The molecule has 0 unspecified atom stereocenters. The van der Waals surface area contributed by atoms with Crippen LogP contribution in [0.5, 0.6) is 0 Å². The van der Waals surface area contributed by atoms with Crippen LogP contribution in [-0.4, -0.2) is 23.1 Å². The molecule has 5 nitrogen and oxygen atoms in total. The minimum atomic E-state index is -3.40. The Morgan fingerprint density at radius 2 is 1.32 bits per heavy atom. The van der Waals surface area contributed by atoms with Crippen LogP contribution in [0.25, 0.3) is 0 Å². The maximum Gasteiger partial charge on any atom is 0.236 e. The van der Waals surface area contributed by atoms with Crippen LogP contribution in [0, 0.1) is 0 Å². The van der Waals surface area contributed by atoms with E-state index in [4.69, 9.17) is 10.7 Å². The predicted molar refractivity (Wildman–Crippen MR) is 131 cm³/mol. The van der Waals surface area contributed by atoms with E-state index in [1.54, 1.807) is 36.4 Å². The molecule has 0 amide bonds. The summed E-state index contributed by atoms with van der Waals surface area (Å²) in [7, 11) is -1.72. The average molecular weight is 545 g/mol. The molecule has 0 aromatic heterocycles. The fraction of sp³-hybridized carbons (Fsp3) is 0.182. The minimum Gasteiger partial charge on any atom is -0.263 e. The van der Waals surface area contributed by atoms with Crippen molar-refractivity contribution in [2.24, 2.45) is 0 Å². The summed E-state index contributed by atoms with van der Waals surface area (Å²) in [6, 6.07) is 25.4. The molecule has 3 rings (SSSR count). The maximum absolute atomic E-state index is 12.1. The summed E-state index contributed by atoms with van der Waals surface area (Å²) < 4.78 is 47.8. The molecule has 3 aromatic rings. The highest BCUT2D eigenvalue weighted by molar-refractivity contribution is 9.10. The first-order valence-electron chi connectivity index (χ1n) is 9.23. The highest BCUT2D eigenvalue weighted by atomic mass is 79.9. The normalized spacial score (nSPS) is 12.4. The van der Waals surface area contributed by atoms with Crippen molar-refractivity contribution in [3.8, 4) is 0 Å². The lowest BCUT2D eigenvalue weighted by molar-refractivity contribution is 0.588. The first-order valence-corrected chi connectivity index (χ1v) is 14.4. The molecule has 0 aliphatic heterocycles. The SMILES string of the molecule is C[C@@H](c1ccc(Br)cc1)N(c1ccccc1)S(C)(=O)=O.O=S(=O)(Cl)Cc1ccccc1. The van der Waals surface area contributed by atoms with Crippen molar-refractivity contribution >= 4 is 51.4 Å². The standard InChI is InChI=1S/C15H16BrNO2S.C7H7ClO2S/c1-12(13-8-10-14(16)11-9-13)17(20(2,18)19)15-6-4-3-5-7-15;8-11(9,10)6-7-4-2-1-3-5-7/h3-12H,1-2H3;1-5H,6H2/t12-;/m0./s1. The van der Waals surface area contributed by atoms with E-state index in [9.17, 15) is 16.8 Å². The zero-order chi connectivity index (χ0) is 23.1. The molecule has 0 radical (unpaired) electrons. The first kappa shape index (κ1) is 25.4. The van der Waals surface area contributed by atoms with Crippen LogP contribution < -0.4 is 4.31 Å². The molecule has 0 bridgehead atoms. The molecule has 1 atom stereocenters. The molecule has 3 aromatic carbocycles. The summed E-state index contributed by atoms with van der Waals surface area (Å²) in [6.45, 7) is 1.89. The second-order valence-corrected chi connectivity index (χ2v) is 12.3. The molecule has 9 heteroatoms. The molecular formula is C22H23BrClNO4S2. The number of rotatable bonds is 6. The number of hydrogen-bond donors (Lipinski definition) is 0. The smallest absolute Gasteiger partial charge is 0.236 e. The third kappa shape index (κ3) is 8.65. The van der Waals surface area contributed by atoms with E-state index in [0.717, 1.165) is 10.0 Å². The third-order valence-electron chi connectivity index (χ3n) is 4.25. The van der Waals surface area contributed by atoms with Crippen LogP contribution in [0.4, 0.5) is 5.69 Å². The summed E-state index contributed by atoms with van der Waals surface area (Å²) in [5.74, 6) is -0.102. The van der Waals surface area contributed by atoms with Gasteiger partial charge in [-0.25, -0.2) is 16.8 Å². The number of anilines is 1. The quantitative estimate of drug-likeness (QED) is 0.372. The molecule has 0 saturated heterocycles. The van der Waals surface area contributed by atoms with Gasteiger partial charge in [0.15, 0.2) is 0 Å². The molecule has 0 heterocycles. The fourth-order valence-corrected chi connectivity index (χ4v) is 5.36. The van der Waals surface area contributed by atoms with Crippen LogP contribution in [0.1, 0.15) is 24.1 Å². The molecule has 31 heavy (non-hydrogen) atoms. The Hall–Kier alpha value is -1.87. The van der Waals surface area contributed by atoms with Crippen molar-refractivity contribution in [1.82, 2.24) is 0 Å². The van der Waals surface area contributed by atoms with Gasteiger partial charge >= 0.3 is 0 Å². The average Bonchev–Trinajstić information content (AvgIpc) is 2.68. The van der Waals surface area contributed by atoms with Crippen molar-refractivity contribution < 1.29 is 16.8 Å². The number of benzene rings is 3. The van der Waals surface area contributed by atoms with E-state index in [0.29, 0.717) is 11.3 Å². The summed E-state index contributed by atoms with van der Waals surface area (Å²) >= 11 is 3.38. The van der Waals surface area contributed by atoms with Gasteiger partial charge in [0.05, 0.1) is 23.7 Å². The summed E-state index contributed by atoms with van der Waals surface area (Å²) in [6.07, 6.45) is 1.23. The van der Waals surface area contributed by atoms with Gasteiger partial charge in [-0.15, -0.1) is 0 Å². The zero-order valence-electron chi connectivity index (χ0n) is 17.0. The van der Waals surface area contributed by atoms with Gasteiger partial charge in [-0.1, -0.05) is 76.6 Å². The lowest BCUT2D eigenvalue weighted by Crippen LogP contribution is -2.32. The molecular weight excluding hydrogens is 522 g/mol. The van der Waals surface area contributed by atoms with E-state index in [-0.39, 0.29) is 11.8 Å². The summed E-state index contributed by atoms with van der Waals surface area (Å²) in [5, 5.41) is 0. The molecule has 0 N–H and O–H groups in total. The van der Waals surface area contributed by atoms with Gasteiger partial charge in [-0.2, -0.15) is 0 Å². The molecule has 0 spiro atoms. The van der Waals surface area contributed by atoms with Crippen LogP contribution in [-0.2, 0) is 24.8 Å². The lowest BCUT2D eigenvalue weighted by atomic mass is 10.1. The Morgan fingerprint density at radius 1 is 0.839 bits per heavy atom. The highest BCUT2D eigenvalue weighted by Gasteiger charge is 2.24. The maximum atomic E-state index is 12.1. The fourth-order valence-electron chi connectivity index (χ4n) is 2.93. The Kier molecular flexibility index (Phi) is 9.12. The van der Waals surface area contributed by atoms with Gasteiger partial charge in [0.2, 0.25) is 19.1 Å². The molecule has 0 aliphatic rings. The van der Waals surface area contributed by atoms with Crippen LogP contribution in [0.15, 0.2) is 89.4 Å². The largest absolute Gasteiger partial charge is 0.263 e. The summed E-state index contributed by atoms with van der Waals surface area (Å²) in [5.41, 5.74) is 2.33. The number of hydrogen-bond acceptors (Lipinski definition) is 4. The van der Waals surface area contributed by atoms with Gasteiger partial charge in [-0.05, 0) is 42.3 Å². The van der Waals surface area contributed by atoms with Gasteiger partial charge < -0.3 is 0 Å². The van der Waals surface area contributed by atoms with Crippen LogP contribution in [0.2, 0.25) is 0 Å². The Morgan fingerprint density at radius 3 is 1.77 bits per heavy atom. The van der Waals surface area contributed by atoms with E-state index in [1.165, 1.54) is 10.6 Å². The Balaban J connectivity index is 0.000000262. The van der Waals surface area contributed by atoms with Crippen LogP contribution >= 0.6 is 26.6 Å². The van der Waals surface area contributed by atoms with Gasteiger partial charge in [0.25, 0.3) is 0 Å². The lowest BCUT2D eigenvalue weighted by Gasteiger charge is -2.29. The highest BCUT2D eigenvalue weighted by Crippen LogP contribution is 2.29. The van der Waals surface area contributed by atoms with Crippen LogP contribution in [0.3, 0.4) is 0 Å². The monoisotopic (exact) mass is 543 g/mol. The topological polar surface area (TPSA) is 71.5 Å². The van der Waals surface area contributed by atoms with Gasteiger partial charge in [-0.3, -0.25) is 4.31 Å². The van der Waals surface area contributed by atoms with E-state index >= 15 is 0 Å². The van der Waals surface area contributed by atoms with Crippen molar-refractivity contribution in [1.29, 1.82) is 0 Å². The number of halogens is 2. The number of para-hydroxylation sites is 1. The van der Waals surface area contributed by atoms with Gasteiger partial charge in [0.1, 0.15) is 0 Å². The zero-order valence-corrected chi connectivity index (χ0v) is 21.0. The molecule has 0 aliphatic carbocycles. The molecule has 0 fully saturated rings. The van der Waals surface area contributed by atoms with Crippen molar-refractivity contribution in [2.45, 2.75) is 18.7 Å². The summed E-state index contributed by atoms with van der Waals surface area (Å²) in [4.78, 5) is 0. The second kappa shape index (κ2) is 11.1. The predicted octanol–water partition coefficient (Wildman–Crippen LogP) is 5.73. The third-order valence-corrected chi connectivity index (χ3v) is 7.03. The van der Waals surface area contributed by atoms with E-state index in [1.807, 2.05) is 55.5 Å². The van der Waals surface area contributed by atoms with E-state index < -0.39 is 19.1 Å². The molecule has 166 valence electrons. The first-order chi connectivity index (χ1) is 14.5. The van der Waals surface area contributed by atoms with Crippen molar-refractivity contribution in [3.05, 3.63) is 101 Å². The van der Waals surface area contributed by atoms with Gasteiger partial charge in [0, 0.05) is 15.2 Å². The Bertz CT molecular complexity index is 1170. The minimum absolute atomic E-state index is 0.102. The molecule has 0 saturated carbocycles. The second-order valence-electron chi connectivity index (χ2n) is 6.79. The Labute approximate surface area is 197 Å².